The molecule has 0 radical (unpaired) electrons. The standard InChI is InChI=1S/C18H24FN5/c1-3-14(2)21-17-8-9-20-18(22-17)24-12-10-23(11-13-24)16-7-5-4-6-15(16)19/h4-9,14H,3,10-13H2,1-2H3,(H,20,21,22). The van der Waals surface area contributed by atoms with Gasteiger partial charge in [0.2, 0.25) is 5.95 Å². The predicted molar refractivity (Wildman–Crippen MR) is 96.2 cm³/mol. The SMILES string of the molecule is CCC(C)Nc1ccnc(N2CCN(c3ccccc3F)CC2)n1. The van der Waals surface area contributed by atoms with Gasteiger partial charge in [0.05, 0.1) is 5.69 Å². The van der Waals surface area contributed by atoms with E-state index in [2.05, 4.69) is 38.9 Å². The van der Waals surface area contributed by atoms with Crippen LogP contribution in [0.5, 0.6) is 0 Å². The van der Waals surface area contributed by atoms with Gasteiger partial charge in [0.15, 0.2) is 0 Å². The molecule has 1 fully saturated rings. The highest BCUT2D eigenvalue weighted by Crippen LogP contribution is 2.21. The number of anilines is 3. The average molecular weight is 329 g/mol. The number of nitrogens with zero attached hydrogens (tertiary/aromatic N) is 4. The lowest BCUT2D eigenvalue weighted by Gasteiger charge is -2.36. The highest BCUT2D eigenvalue weighted by atomic mass is 19.1. The van der Waals surface area contributed by atoms with Gasteiger partial charge in [0.25, 0.3) is 0 Å². The lowest BCUT2D eigenvalue weighted by Crippen LogP contribution is -2.47. The monoisotopic (exact) mass is 329 g/mol. The van der Waals surface area contributed by atoms with Gasteiger partial charge in [0, 0.05) is 38.4 Å². The first-order chi connectivity index (χ1) is 11.7. The minimum atomic E-state index is -0.165. The normalized spacial score (nSPS) is 16.1. The van der Waals surface area contributed by atoms with Crippen LogP contribution >= 0.6 is 0 Å². The second-order valence-corrected chi connectivity index (χ2v) is 6.12. The number of halogens is 1. The Bertz CT molecular complexity index is 670. The third-order valence-corrected chi connectivity index (χ3v) is 4.41. The molecule has 2 heterocycles. The third kappa shape index (κ3) is 3.75. The fourth-order valence-electron chi connectivity index (χ4n) is 2.79. The summed E-state index contributed by atoms with van der Waals surface area (Å²) in [5, 5.41) is 3.38. The topological polar surface area (TPSA) is 44.3 Å². The second kappa shape index (κ2) is 7.47. The Kier molecular flexibility index (Phi) is 5.13. The highest BCUT2D eigenvalue weighted by Gasteiger charge is 2.21. The van der Waals surface area contributed by atoms with Crippen LogP contribution in [0, 0.1) is 5.82 Å². The van der Waals surface area contributed by atoms with E-state index in [-0.39, 0.29) is 5.82 Å². The maximum atomic E-state index is 13.9. The number of hydrogen-bond donors (Lipinski definition) is 1. The zero-order valence-corrected chi connectivity index (χ0v) is 14.2. The molecule has 1 saturated heterocycles. The van der Waals surface area contributed by atoms with Crippen LogP contribution in [-0.2, 0) is 0 Å². The first kappa shape index (κ1) is 16.5. The average Bonchev–Trinajstić information content (AvgIpc) is 2.62. The van der Waals surface area contributed by atoms with Gasteiger partial charge in [-0.25, -0.2) is 9.37 Å². The van der Waals surface area contributed by atoms with Crippen LogP contribution in [-0.4, -0.2) is 42.2 Å². The summed E-state index contributed by atoms with van der Waals surface area (Å²) < 4.78 is 13.9. The summed E-state index contributed by atoms with van der Waals surface area (Å²) in [6, 6.07) is 9.21. The molecule has 0 spiro atoms. The number of hydrogen-bond acceptors (Lipinski definition) is 5. The molecule has 24 heavy (non-hydrogen) atoms. The Hall–Kier alpha value is -2.37. The summed E-state index contributed by atoms with van der Waals surface area (Å²) in [4.78, 5) is 13.2. The minimum Gasteiger partial charge on any atom is -0.367 e. The molecule has 0 saturated carbocycles. The number of para-hydroxylation sites is 1. The van der Waals surface area contributed by atoms with Crippen LogP contribution in [0.1, 0.15) is 20.3 Å². The Labute approximate surface area is 142 Å². The van der Waals surface area contributed by atoms with E-state index in [1.165, 1.54) is 6.07 Å². The molecule has 6 heteroatoms. The van der Waals surface area contributed by atoms with E-state index >= 15 is 0 Å². The van der Waals surface area contributed by atoms with Crippen molar-refractivity contribution in [1.82, 2.24) is 9.97 Å². The first-order valence-corrected chi connectivity index (χ1v) is 8.51. The van der Waals surface area contributed by atoms with E-state index in [1.807, 2.05) is 18.2 Å². The molecule has 1 aliphatic rings. The Balaban J connectivity index is 1.64. The molecule has 0 bridgehead atoms. The number of rotatable bonds is 5. The molecule has 1 atom stereocenters. The fraction of sp³-hybridized carbons (Fsp3) is 0.444. The van der Waals surface area contributed by atoms with Crippen LogP contribution in [0.15, 0.2) is 36.5 Å². The zero-order chi connectivity index (χ0) is 16.9. The highest BCUT2D eigenvalue weighted by molar-refractivity contribution is 5.50. The van der Waals surface area contributed by atoms with Crippen molar-refractivity contribution in [1.29, 1.82) is 0 Å². The van der Waals surface area contributed by atoms with Crippen molar-refractivity contribution < 1.29 is 4.39 Å². The molecule has 1 unspecified atom stereocenters. The van der Waals surface area contributed by atoms with Gasteiger partial charge >= 0.3 is 0 Å². The molecule has 1 aromatic carbocycles. The largest absolute Gasteiger partial charge is 0.367 e. The molecule has 1 aromatic heterocycles. The summed E-state index contributed by atoms with van der Waals surface area (Å²) in [5.74, 6) is 1.42. The molecular formula is C18H24FN5. The zero-order valence-electron chi connectivity index (χ0n) is 14.2. The van der Waals surface area contributed by atoms with Gasteiger partial charge in [-0.3, -0.25) is 0 Å². The first-order valence-electron chi connectivity index (χ1n) is 8.51. The van der Waals surface area contributed by atoms with Crippen molar-refractivity contribution in [3.8, 4) is 0 Å². The van der Waals surface area contributed by atoms with E-state index in [0.717, 1.165) is 44.4 Å². The van der Waals surface area contributed by atoms with Gasteiger partial charge in [-0.05, 0) is 31.5 Å². The van der Waals surface area contributed by atoms with E-state index in [9.17, 15) is 4.39 Å². The fourth-order valence-corrected chi connectivity index (χ4v) is 2.79. The van der Waals surface area contributed by atoms with Crippen molar-refractivity contribution >= 4 is 17.5 Å². The van der Waals surface area contributed by atoms with Crippen molar-refractivity contribution in [2.24, 2.45) is 0 Å². The maximum absolute atomic E-state index is 13.9. The second-order valence-electron chi connectivity index (χ2n) is 6.12. The van der Waals surface area contributed by atoms with Gasteiger partial charge < -0.3 is 15.1 Å². The van der Waals surface area contributed by atoms with Crippen molar-refractivity contribution in [3.63, 3.8) is 0 Å². The number of nitrogens with one attached hydrogen (secondary N) is 1. The summed E-state index contributed by atoms with van der Waals surface area (Å²) in [7, 11) is 0. The molecule has 2 aromatic rings. The van der Waals surface area contributed by atoms with Crippen LogP contribution in [0.2, 0.25) is 0 Å². The van der Waals surface area contributed by atoms with E-state index in [0.29, 0.717) is 11.7 Å². The molecular weight excluding hydrogens is 305 g/mol. The summed E-state index contributed by atoms with van der Waals surface area (Å²) >= 11 is 0. The number of benzene rings is 1. The molecule has 128 valence electrons. The van der Waals surface area contributed by atoms with Crippen LogP contribution in [0.4, 0.5) is 21.8 Å². The Morgan fingerprint density at radius 3 is 2.54 bits per heavy atom. The van der Waals surface area contributed by atoms with Gasteiger partial charge in [-0.15, -0.1) is 0 Å². The summed E-state index contributed by atoms with van der Waals surface area (Å²) in [5.41, 5.74) is 0.672. The molecule has 1 aliphatic heterocycles. The Morgan fingerprint density at radius 1 is 1.12 bits per heavy atom. The van der Waals surface area contributed by atoms with Gasteiger partial charge in [-0.1, -0.05) is 19.1 Å². The number of piperazine rings is 1. The molecule has 1 N–H and O–H groups in total. The van der Waals surface area contributed by atoms with Crippen molar-refractivity contribution in [2.75, 3.05) is 41.3 Å². The lowest BCUT2D eigenvalue weighted by atomic mass is 10.2. The van der Waals surface area contributed by atoms with Crippen molar-refractivity contribution in [3.05, 3.63) is 42.3 Å². The summed E-state index contributed by atoms with van der Waals surface area (Å²) in [6.07, 6.45) is 2.83. The Morgan fingerprint density at radius 2 is 1.83 bits per heavy atom. The molecule has 0 amide bonds. The van der Waals surface area contributed by atoms with E-state index in [4.69, 9.17) is 0 Å². The maximum Gasteiger partial charge on any atom is 0.227 e. The molecule has 0 aliphatic carbocycles. The van der Waals surface area contributed by atoms with Crippen LogP contribution in [0.3, 0.4) is 0 Å². The quantitative estimate of drug-likeness (QED) is 0.913. The molecule has 3 rings (SSSR count). The van der Waals surface area contributed by atoms with E-state index in [1.54, 1.807) is 12.3 Å². The number of aromatic nitrogens is 2. The third-order valence-electron chi connectivity index (χ3n) is 4.41. The lowest BCUT2D eigenvalue weighted by molar-refractivity contribution is 0.594. The predicted octanol–water partition coefficient (Wildman–Crippen LogP) is 3.15. The van der Waals surface area contributed by atoms with Crippen molar-refractivity contribution in [2.45, 2.75) is 26.3 Å². The smallest absolute Gasteiger partial charge is 0.227 e. The van der Waals surface area contributed by atoms with Gasteiger partial charge in [-0.2, -0.15) is 4.98 Å². The van der Waals surface area contributed by atoms with E-state index < -0.39 is 0 Å². The molecule has 5 nitrogen and oxygen atoms in total. The van der Waals surface area contributed by atoms with Crippen LogP contribution < -0.4 is 15.1 Å². The minimum absolute atomic E-state index is 0.165. The van der Waals surface area contributed by atoms with Gasteiger partial charge in [0.1, 0.15) is 11.6 Å². The summed E-state index contributed by atoms with van der Waals surface area (Å²) in [6.45, 7) is 7.35. The van der Waals surface area contributed by atoms with Crippen LogP contribution in [0.25, 0.3) is 0 Å².